The third-order valence-electron chi connectivity index (χ3n) is 0.398. The molecule has 0 aromatic carbocycles. The minimum absolute atomic E-state index is 0. The normalized spacial score (nSPS) is 5.89. The highest BCUT2D eigenvalue weighted by Gasteiger charge is 1.49. The van der Waals surface area contributed by atoms with E-state index in [1.165, 1.54) is 22.4 Å². The first kappa shape index (κ1) is 15.8. The maximum atomic E-state index is 10.6. The van der Waals surface area contributed by atoms with Gasteiger partial charge < -0.3 is 5.48 Å². The summed E-state index contributed by atoms with van der Waals surface area (Å²) in [6, 6.07) is 1.22. The van der Waals surface area contributed by atoms with Gasteiger partial charge in [0, 0.05) is 10.2 Å². The van der Waals surface area contributed by atoms with Crippen molar-refractivity contribution in [3.63, 3.8) is 0 Å². The van der Waals surface area contributed by atoms with Gasteiger partial charge >= 0.3 is 0 Å². The minimum atomic E-state index is -0.417. The maximum absolute atomic E-state index is 10.6. The van der Waals surface area contributed by atoms with Crippen molar-refractivity contribution in [3.05, 3.63) is 25.3 Å². The van der Waals surface area contributed by atoms with Crippen LogP contribution in [0.1, 0.15) is 0 Å². The van der Waals surface area contributed by atoms with Crippen LogP contribution in [0.5, 0.6) is 0 Å². The quantitative estimate of drug-likeness (QED) is 0.400. The number of allylic oxidation sites excluding steroid dienone is 2. The van der Waals surface area contributed by atoms with Crippen molar-refractivity contribution in [2.45, 2.75) is 6.04 Å². The van der Waals surface area contributed by atoms with Gasteiger partial charge in [-0.25, -0.2) is 4.39 Å². The van der Waals surface area contributed by atoms with Crippen molar-refractivity contribution >= 4 is 10.2 Å². The minimum Gasteiger partial charge on any atom is -0.412 e. The van der Waals surface area contributed by atoms with E-state index in [0.717, 1.165) is 0 Å². The molecule has 0 atom stereocenters. The average Bonchev–Trinajstić information content (AvgIpc) is 1.88. The zero-order valence-corrected chi connectivity index (χ0v) is 7.86. The summed E-state index contributed by atoms with van der Waals surface area (Å²) in [6.07, 6.45) is 3.15. The Morgan fingerprint density at radius 3 is 1.56 bits per heavy atom. The molecule has 2 N–H and O–H groups in total. The summed E-state index contributed by atoms with van der Waals surface area (Å²) in [5.41, 5.74) is 0. The van der Waals surface area contributed by atoms with E-state index < -0.39 is 6.67 Å². The van der Waals surface area contributed by atoms with E-state index in [1.807, 2.05) is 6.08 Å². The summed E-state index contributed by atoms with van der Waals surface area (Å²) in [5, 5.41) is 0. The van der Waals surface area contributed by atoms with E-state index in [-0.39, 0.29) is 5.48 Å². The molecule has 0 fully saturated rings. The van der Waals surface area contributed by atoms with Crippen LogP contribution in [0.4, 0.5) is 4.39 Å². The molecule has 56 valence electrons. The third kappa shape index (κ3) is 94.0. The molecule has 0 saturated heterocycles. The van der Waals surface area contributed by atoms with Crippen molar-refractivity contribution in [3.8, 4) is 0 Å². The molecule has 0 aliphatic carbocycles. The van der Waals surface area contributed by atoms with E-state index in [2.05, 4.69) is 13.2 Å². The third-order valence-corrected chi connectivity index (χ3v) is 0.975. The van der Waals surface area contributed by atoms with Gasteiger partial charge in [-0.3, -0.25) is 0 Å². The first-order valence-electron chi connectivity index (χ1n) is 2.61. The highest BCUT2D eigenvalue weighted by Crippen LogP contribution is 1.61. The summed E-state index contributed by atoms with van der Waals surface area (Å²) < 4.78 is 10.6. The molecule has 0 unspecified atom stereocenters. The molecule has 0 amide bonds. The Kier molecular flexibility index (Phi) is 45.0. The molecule has 0 aromatic heterocycles. The predicted molar refractivity (Wildman–Crippen MR) is 44.7 cm³/mol. The van der Waals surface area contributed by atoms with Gasteiger partial charge in [-0.2, -0.15) is 0 Å². The lowest BCUT2D eigenvalue weighted by atomic mass is 10.7. The Balaban J connectivity index is -0.0000000720. The second kappa shape index (κ2) is 25.6. The van der Waals surface area contributed by atoms with Crippen LogP contribution in [0.25, 0.3) is 0 Å². The molecular weight excluding hydrogens is 135 g/mol. The van der Waals surface area contributed by atoms with Crippen LogP contribution in [-0.4, -0.2) is 22.4 Å². The first-order valence-corrected chi connectivity index (χ1v) is 4.02. The summed E-state index contributed by atoms with van der Waals surface area (Å²) in [7, 11) is 1.27. The van der Waals surface area contributed by atoms with E-state index in [1.54, 1.807) is 0 Å². The number of halogens is 1. The molecule has 0 bridgehead atoms. The summed E-state index contributed by atoms with van der Waals surface area (Å²) in [5.74, 6) is 0. The maximum Gasteiger partial charge on any atom is 0.107 e. The lowest BCUT2D eigenvalue weighted by Crippen LogP contribution is -1.48. The zero-order valence-electron chi connectivity index (χ0n) is 5.86. The van der Waals surface area contributed by atoms with Gasteiger partial charge in [-0.05, 0) is 6.04 Å². The molecule has 9 heavy (non-hydrogen) atoms. The van der Waals surface area contributed by atoms with Crippen LogP contribution < -0.4 is 0 Å². The van der Waals surface area contributed by atoms with Crippen LogP contribution in [0, 0.1) is 0 Å². The Hall–Kier alpha value is -0.413. The SMILES string of the molecule is C=CCF.C=CC[SiH3].O. The molecule has 0 aliphatic heterocycles. The van der Waals surface area contributed by atoms with Crippen LogP contribution >= 0.6 is 0 Å². The molecular formula is C6H15FOSi. The van der Waals surface area contributed by atoms with Gasteiger partial charge in [0.2, 0.25) is 0 Å². The summed E-state index contributed by atoms with van der Waals surface area (Å²) in [6.45, 7) is 6.20. The molecule has 0 radical (unpaired) electrons. The topological polar surface area (TPSA) is 31.5 Å². The van der Waals surface area contributed by atoms with Gasteiger partial charge in [0.05, 0.1) is 0 Å². The Morgan fingerprint density at radius 2 is 1.56 bits per heavy atom. The van der Waals surface area contributed by atoms with Crippen molar-refractivity contribution < 1.29 is 9.87 Å². The number of hydrogen-bond acceptors (Lipinski definition) is 0. The van der Waals surface area contributed by atoms with E-state index in [9.17, 15) is 4.39 Å². The van der Waals surface area contributed by atoms with Crippen molar-refractivity contribution in [2.75, 3.05) is 6.67 Å². The molecule has 3 heteroatoms. The van der Waals surface area contributed by atoms with E-state index >= 15 is 0 Å². The fourth-order valence-corrected chi connectivity index (χ4v) is 0. The van der Waals surface area contributed by atoms with Crippen LogP contribution in [0.3, 0.4) is 0 Å². The second-order valence-corrected chi connectivity index (χ2v) is 1.96. The highest BCUT2D eigenvalue weighted by atomic mass is 28.1. The molecule has 0 spiro atoms. The van der Waals surface area contributed by atoms with Crippen LogP contribution in [0.15, 0.2) is 25.3 Å². The highest BCUT2D eigenvalue weighted by molar-refractivity contribution is 6.09. The molecule has 0 rings (SSSR count). The molecule has 1 nitrogen and oxygen atoms in total. The average molecular weight is 150 g/mol. The van der Waals surface area contributed by atoms with E-state index in [4.69, 9.17) is 0 Å². The van der Waals surface area contributed by atoms with Gasteiger partial charge in [0.15, 0.2) is 0 Å². The first-order chi connectivity index (χ1) is 3.83. The number of rotatable bonds is 2. The molecule has 0 aliphatic rings. The molecule has 0 heterocycles. The smallest absolute Gasteiger partial charge is 0.107 e. The van der Waals surface area contributed by atoms with Gasteiger partial charge in [0.25, 0.3) is 0 Å². The van der Waals surface area contributed by atoms with Gasteiger partial charge in [0.1, 0.15) is 6.67 Å². The summed E-state index contributed by atoms with van der Waals surface area (Å²) >= 11 is 0. The monoisotopic (exact) mass is 150 g/mol. The molecule has 0 aromatic rings. The number of alkyl halides is 1. The Morgan fingerprint density at radius 1 is 1.33 bits per heavy atom. The molecule has 0 saturated carbocycles. The number of hydrogen-bond donors (Lipinski definition) is 0. The second-order valence-electron chi connectivity index (χ2n) is 1.14. The lowest BCUT2D eigenvalue weighted by Gasteiger charge is -1.57. The van der Waals surface area contributed by atoms with Crippen molar-refractivity contribution in [1.82, 2.24) is 0 Å². The fraction of sp³-hybridized carbons (Fsp3) is 0.333. The van der Waals surface area contributed by atoms with Crippen molar-refractivity contribution in [2.24, 2.45) is 0 Å². The van der Waals surface area contributed by atoms with E-state index in [0.29, 0.717) is 0 Å². The lowest BCUT2D eigenvalue weighted by molar-refractivity contribution is 0.562. The van der Waals surface area contributed by atoms with Gasteiger partial charge in [-0.1, -0.05) is 12.2 Å². The summed E-state index contributed by atoms with van der Waals surface area (Å²) in [4.78, 5) is 0. The Labute approximate surface area is 59.0 Å². The fourth-order valence-electron chi connectivity index (χ4n) is 0. The van der Waals surface area contributed by atoms with Gasteiger partial charge in [-0.15, -0.1) is 13.2 Å². The predicted octanol–water partition coefficient (Wildman–Crippen LogP) is 0.273. The van der Waals surface area contributed by atoms with Crippen LogP contribution in [0.2, 0.25) is 6.04 Å². The zero-order chi connectivity index (χ0) is 6.83. The van der Waals surface area contributed by atoms with Crippen molar-refractivity contribution in [1.29, 1.82) is 0 Å². The Bertz CT molecular complexity index is 49.0. The standard InChI is InChI=1S/C3H5F.C3H8Si.H2O/c2*1-2-3-4;/h2H,1,3H2;2H,1,3H2,4H3;1H2. The largest absolute Gasteiger partial charge is 0.412 e. The van der Waals surface area contributed by atoms with Crippen LogP contribution in [-0.2, 0) is 0 Å².